The highest BCUT2D eigenvalue weighted by molar-refractivity contribution is 5.85. The first-order chi connectivity index (χ1) is 8.00. The molecule has 2 aromatic rings. The first-order valence-electron chi connectivity index (χ1n) is 5.38. The molecule has 0 fully saturated rings. The lowest BCUT2D eigenvalue weighted by Crippen LogP contribution is -2.12. The van der Waals surface area contributed by atoms with E-state index in [0.717, 1.165) is 0 Å². The average molecular weight is 270 g/mol. The lowest BCUT2D eigenvalue weighted by molar-refractivity contribution is 0.384. The third-order valence-corrected chi connectivity index (χ3v) is 2.67. The second kappa shape index (κ2) is 5.42. The molecule has 1 N–H and O–H groups in total. The topological polar surface area (TPSA) is 53.7 Å². The Hall–Kier alpha value is -1.52. The zero-order valence-electron chi connectivity index (χ0n) is 10.6. The smallest absolute Gasteiger partial charge is 0.195 e. The van der Waals surface area contributed by atoms with E-state index in [1.54, 1.807) is 13.0 Å². The Balaban J connectivity index is 0.00000162. The van der Waals surface area contributed by atoms with Gasteiger partial charge in [0, 0.05) is 12.1 Å². The van der Waals surface area contributed by atoms with E-state index >= 15 is 0 Å². The van der Waals surface area contributed by atoms with E-state index < -0.39 is 0 Å². The van der Waals surface area contributed by atoms with Gasteiger partial charge in [0.2, 0.25) is 0 Å². The largest absolute Gasteiger partial charge is 0.507 e. The third-order valence-electron chi connectivity index (χ3n) is 2.67. The molecule has 98 valence electrons. The second-order valence-corrected chi connectivity index (χ2v) is 4.43. The SMILES string of the molecule is Cc1coc2c(CN(C)C)c(O)ccc2c1=O.Cl. The van der Waals surface area contributed by atoms with E-state index in [9.17, 15) is 9.90 Å². The fourth-order valence-electron chi connectivity index (χ4n) is 1.81. The highest BCUT2D eigenvalue weighted by atomic mass is 35.5. The molecule has 18 heavy (non-hydrogen) atoms. The maximum Gasteiger partial charge on any atom is 0.195 e. The average Bonchev–Trinajstić information content (AvgIpc) is 2.27. The summed E-state index contributed by atoms with van der Waals surface area (Å²) in [7, 11) is 3.79. The van der Waals surface area contributed by atoms with Crippen molar-refractivity contribution in [3.63, 3.8) is 0 Å². The molecule has 1 heterocycles. The van der Waals surface area contributed by atoms with Crippen molar-refractivity contribution < 1.29 is 9.52 Å². The van der Waals surface area contributed by atoms with Crippen LogP contribution in [0.5, 0.6) is 5.75 Å². The zero-order chi connectivity index (χ0) is 12.6. The molecule has 0 atom stereocenters. The Bertz CT molecular complexity index is 619. The van der Waals surface area contributed by atoms with Crippen LogP contribution in [0.15, 0.2) is 27.6 Å². The molecule has 1 aromatic carbocycles. The van der Waals surface area contributed by atoms with Crippen LogP contribution in [0.1, 0.15) is 11.1 Å². The van der Waals surface area contributed by atoms with Gasteiger partial charge in [-0.2, -0.15) is 0 Å². The lowest BCUT2D eigenvalue weighted by atomic mass is 10.1. The van der Waals surface area contributed by atoms with E-state index in [1.807, 2.05) is 19.0 Å². The molecule has 0 unspecified atom stereocenters. The predicted octanol–water partition coefficient (Wildman–Crippen LogP) is 2.29. The van der Waals surface area contributed by atoms with Crippen LogP contribution in [0, 0.1) is 6.92 Å². The summed E-state index contributed by atoms with van der Waals surface area (Å²) in [6.07, 6.45) is 1.43. The number of hydrogen-bond acceptors (Lipinski definition) is 4. The van der Waals surface area contributed by atoms with Crippen LogP contribution in [0.3, 0.4) is 0 Å². The number of hydrogen-bond donors (Lipinski definition) is 1. The van der Waals surface area contributed by atoms with E-state index in [0.29, 0.717) is 28.6 Å². The van der Waals surface area contributed by atoms with Crippen molar-refractivity contribution >= 4 is 23.4 Å². The van der Waals surface area contributed by atoms with Crippen LogP contribution in [-0.2, 0) is 6.54 Å². The highest BCUT2D eigenvalue weighted by Crippen LogP contribution is 2.26. The fraction of sp³-hybridized carbons (Fsp3) is 0.308. The molecule has 0 amide bonds. The van der Waals surface area contributed by atoms with Crippen molar-refractivity contribution in [2.75, 3.05) is 14.1 Å². The van der Waals surface area contributed by atoms with Crippen LogP contribution in [0.4, 0.5) is 0 Å². The molecule has 0 aliphatic carbocycles. The molecule has 0 radical (unpaired) electrons. The number of benzene rings is 1. The zero-order valence-corrected chi connectivity index (χ0v) is 11.4. The Morgan fingerprint density at radius 3 is 2.61 bits per heavy atom. The van der Waals surface area contributed by atoms with Gasteiger partial charge in [-0.15, -0.1) is 12.4 Å². The number of aromatic hydroxyl groups is 1. The summed E-state index contributed by atoms with van der Waals surface area (Å²) < 4.78 is 5.45. The van der Waals surface area contributed by atoms with E-state index in [-0.39, 0.29) is 23.6 Å². The first-order valence-corrected chi connectivity index (χ1v) is 5.38. The van der Waals surface area contributed by atoms with Crippen molar-refractivity contribution in [3.8, 4) is 5.75 Å². The van der Waals surface area contributed by atoms with Crippen LogP contribution in [-0.4, -0.2) is 24.1 Å². The molecule has 4 nitrogen and oxygen atoms in total. The standard InChI is InChI=1S/C13H15NO3.ClH/c1-8-7-17-13-9(12(8)16)4-5-11(15)10(13)6-14(2)3;/h4-5,7,15H,6H2,1-3H3;1H. The molecular weight excluding hydrogens is 254 g/mol. The number of rotatable bonds is 2. The quantitative estimate of drug-likeness (QED) is 0.909. The minimum absolute atomic E-state index is 0. The van der Waals surface area contributed by atoms with Crippen LogP contribution < -0.4 is 5.43 Å². The van der Waals surface area contributed by atoms with E-state index in [1.165, 1.54) is 12.3 Å². The van der Waals surface area contributed by atoms with E-state index in [4.69, 9.17) is 4.42 Å². The van der Waals surface area contributed by atoms with E-state index in [2.05, 4.69) is 0 Å². The normalized spacial score (nSPS) is 10.7. The van der Waals surface area contributed by atoms with Gasteiger partial charge in [-0.25, -0.2) is 0 Å². The number of halogens is 1. The lowest BCUT2D eigenvalue weighted by Gasteiger charge is -2.12. The summed E-state index contributed by atoms with van der Waals surface area (Å²) in [5.74, 6) is 0.151. The molecule has 2 rings (SSSR count). The molecule has 0 bridgehead atoms. The Morgan fingerprint density at radius 1 is 1.33 bits per heavy atom. The summed E-state index contributed by atoms with van der Waals surface area (Å²) in [5.41, 5.74) is 1.63. The Labute approximate surface area is 111 Å². The van der Waals surface area contributed by atoms with Crippen LogP contribution >= 0.6 is 12.4 Å². The van der Waals surface area contributed by atoms with Crippen molar-refractivity contribution in [2.45, 2.75) is 13.5 Å². The van der Waals surface area contributed by atoms with Gasteiger partial charge in [0.1, 0.15) is 11.3 Å². The first kappa shape index (κ1) is 14.5. The second-order valence-electron chi connectivity index (χ2n) is 4.43. The van der Waals surface area contributed by atoms with Gasteiger partial charge >= 0.3 is 0 Å². The Kier molecular flexibility index (Phi) is 4.38. The number of fused-ring (bicyclic) bond motifs is 1. The highest BCUT2D eigenvalue weighted by Gasteiger charge is 2.13. The maximum absolute atomic E-state index is 11.9. The third kappa shape index (κ3) is 2.49. The summed E-state index contributed by atoms with van der Waals surface area (Å²) in [6.45, 7) is 2.24. The summed E-state index contributed by atoms with van der Waals surface area (Å²) >= 11 is 0. The molecule has 1 aromatic heterocycles. The monoisotopic (exact) mass is 269 g/mol. The van der Waals surface area contributed by atoms with Gasteiger partial charge in [-0.05, 0) is 33.2 Å². The number of phenols is 1. The molecule has 0 aliphatic rings. The maximum atomic E-state index is 11.9. The summed E-state index contributed by atoms with van der Waals surface area (Å²) in [6, 6.07) is 3.14. The Morgan fingerprint density at radius 2 is 2.00 bits per heavy atom. The summed E-state index contributed by atoms with van der Waals surface area (Å²) in [4.78, 5) is 13.8. The number of phenolic OH excluding ortho intramolecular Hbond substituents is 1. The van der Waals surface area contributed by atoms with Gasteiger partial charge in [0.05, 0.1) is 17.2 Å². The molecular formula is C13H16ClNO3. The number of nitrogens with zero attached hydrogens (tertiary/aromatic N) is 1. The molecule has 0 saturated heterocycles. The van der Waals surface area contributed by atoms with Gasteiger partial charge < -0.3 is 14.4 Å². The van der Waals surface area contributed by atoms with Crippen molar-refractivity contribution in [1.29, 1.82) is 0 Å². The molecule has 0 aliphatic heterocycles. The predicted molar refractivity (Wildman–Crippen MR) is 73.5 cm³/mol. The van der Waals surface area contributed by atoms with Crippen molar-refractivity contribution in [3.05, 3.63) is 39.7 Å². The summed E-state index contributed by atoms with van der Waals surface area (Å²) in [5, 5.41) is 10.3. The van der Waals surface area contributed by atoms with Gasteiger partial charge in [0.15, 0.2) is 5.43 Å². The minimum Gasteiger partial charge on any atom is -0.507 e. The van der Waals surface area contributed by atoms with Crippen molar-refractivity contribution in [1.82, 2.24) is 4.90 Å². The van der Waals surface area contributed by atoms with Crippen LogP contribution in [0.2, 0.25) is 0 Å². The fourth-order valence-corrected chi connectivity index (χ4v) is 1.81. The molecule has 0 spiro atoms. The molecule has 0 saturated carbocycles. The van der Waals surface area contributed by atoms with Gasteiger partial charge in [0.25, 0.3) is 0 Å². The van der Waals surface area contributed by atoms with Gasteiger partial charge in [-0.1, -0.05) is 0 Å². The van der Waals surface area contributed by atoms with Gasteiger partial charge in [-0.3, -0.25) is 4.79 Å². The minimum atomic E-state index is -0.0498. The number of aryl methyl sites for hydroxylation is 1. The molecule has 5 heteroatoms. The van der Waals surface area contributed by atoms with Crippen LogP contribution in [0.25, 0.3) is 11.0 Å². The van der Waals surface area contributed by atoms with Crippen molar-refractivity contribution in [2.24, 2.45) is 0 Å².